The molecule has 0 saturated heterocycles. The number of halogens is 2. The van der Waals surface area contributed by atoms with Crippen LogP contribution in [0.25, 0.3) is 22.3 Å². The molecule has 0 spiro atoms. The smallest absolute Gasteiger partial charge is 0.374 e. The van der Waals surface area contributed by atoms with Crippen molar-refractivity contribution in [2.24, 2.45) is 0 Å². The summed E-state index contributed by atoms with van der Waals surface area (Å²) in [5, 5.41) is 4.42. The van der Waals surface area contributed by atoms with Crippen LogP contribution in [0.3, 0.4) is 0 Å². The Bertz CT molecular complexity index is 1160. The molecule has 2 heterocycles. The first kappa shape index (κ1) is 17.7. The lowest BCUT2D eigenvalue weighted by Gasteiger charge is -2.00. The Morgan fingerprint density at radius 2 is 2.00 bits per heavy atom. The molecule has 4 aromatic rings. The molecule has 0 amide bonds. The van der Waals surface area contributed by atoms with E-state index in [4.69, 9.17) is 18.4 Å². The molecule has 0 atom stereocenters. The molecular formula is C20H13F2NO5. The van der Waals surface area contributed by atoms with E-state index in [0.29, 0.717) is 16.7 Å². The van der Waals surface area contributed by atoms with Crippen LogP contribution in [-0.2, 0) is 11.3 Å². The van der Waals surface area contributed by atoms with E-state index in [0.717, 1.165) is 12.1 Å². The third-order valence-electron chi connectivity index (χ3n) is 4.04. The number of methoxy groups -OCH3 is 1. The van der Waals surface area contributed by atoms with E-state index in [2.05, 4.69) is 5.16 Å². The second-order valence-corrected chi connectivity index (χ2v) is 5.87. The number of para-hydroxylation sites is 1. The Hall–Kier alpha value is -3.68. The SMILES string of the molecule is COc1cccc2cc(C(=O)OCc3cc(-c4ccc(F)cc4F)on3)oc12. The van der Waals surface area contributed by atoms with Gasteiger partial charge in [-0.25, -0.2) is 13.6 Å². The normalized spacial score (nSPS) is 11.0. The Balaban J connectivity index is 1.48. The number of aromatic nitrogens is 1. The van der Waals surface area contributed by atoms with Crippen LogP contribution in [0.4, 0.5) is 8.78 Å². The van der Waals surface area contributed by atoms with Gasteiger partial charge in [0.15, 0.2) is 17.1 Å². The van der Waals surface area contributed by atoms with Gasteiger partial charge < -0.3 is 18.4 Å². The number of rotatable bonds is 5. The standard InChI is InChI=1S/C20H13F2NO5/c1-25-16-4-2-3-11-7-18(27-19(11)16)20(24)26-10-13-9-17(28-23-13)14-6-5-12(21)8-15(14)22/h2-9H,10H2,1H3. The third kappa shape index (κ3) is 3.32. The van der Waals surface area contributed by atoms with Crippen molar-refractivity contribution in [2.45, 2.75) is 6.61 Å². The largest absolute Gasteiger partial charge is 0.493 e. The number of furan rings is 1. The summed E-state index contributed by atoms with van der Waals surface area (Å²) in [4.78, 5) is 12.2. The summed E-state index contributed by atoms with van der Waals surface area (Å²) in [5.41, 5.74) is 0.754. The molecule has 0 bridgehead atoms. The van der Waals surface area contributed by atoms with Crippen molar-refractivity contribution < 1.29 is 32.0 Å². The number of ether oxygens (including phenoxy) is 2. The molecule has 0 saturated carbocycles. The van der Waals surface area contributed by atoms with Gasteiger partial charge in [-0.05, 0) is 24.3 Å². The lowest BCUT2D eigenvalue weighted by Crippen LogP contribution is -2.03. The number of nitrogens with zero attached hydrogens (tertiary/aromatic N) is 1. The van der Waals surface area contributed by atoms with E-state index >= 15 is 0 Å². The lowest BCUT2D eigenvalue weighted by atomic mass is 10.1. The fourth-order valence-electron chi connectivity index (χ4n) is 2.70. The molecule has 0 aliphatic carbocycles. The van der Waals surface area contributed by atoms with Gasteiger partial charge in [0.2, 0.25) is 5.76 Å². The van der Waals surface area contributed by atoms with Gasteiger partial charge in [-0.2, -0.15) is 0 Å². The predicted molar refractivity (Wildman–Crippen MR) is 93.7 cm³/mol. The van der Waals surface area contributed by atoms with Crippen LogP contribution in [0.15, 0.2) is 57.5 Å². The quantitative estimate of drug-likeness (QED) is 0.462. The van der Waals surface area contributed by atoms with Crippen molar-refractivity contribution in [1.29, 1.82) is 0 Å². The van der Waals surface area contributed by atoms with Crippen molar-refractivity contribution >= 4 is 16.9 Å². The molecule has 0 aliphatic heterocycles. The van der Waals surface area contributed by atoms with Gasteiger partial charge in [0.05, 0.1) is 12.7 Å². The van der Waals surface area contributed by atoms with Gasteiger partial charge >= 0.3 is 5.97 Å². The van der Waals surface area contributed by atoms with E-state index in [1.165, 1.54) is 19.2 Å². The number of hydrogen-bond acceptors (Lipinski definition) is 6. The van der Waals surface area contributed by atoms with Crippen molar-refractivity contribution in [3.63, 3.8) is 0 Å². The Labute approximate surface area is 157 Å². The predicted octanol–water partition coefficient (Wildman–Crippen LogP) is 4.73. The van der Waals surface area contributed by atoms with E-state index in [1.54, 1.807) is 24.3 Å². The number of carbonyl (C=O) groups excluding carboxylic acids is 1. The minimum atomic E-state index is -0.782. The zero-order valence-electron chi connectivity index (χ0n) is 14.6. The number of carbonyl (C=O) groups is 1. The van der Waals surface area contributed by atoms with E-state index < -0.39 is 17.6 Å². The summed E-state index contributed by atoms with van der Waals surface area (Å²) < 4.78 is 47.7. The summed E-state index contributed by atoms with van der Waals surface area (Å²) in [6.45, 7) is -0.209. The zero-order valence-corrected chi connectivity index (χ0v) is 14.6. The fraction of sp³-hybridized carbons (Fsp3) is 0.100. The van der Waals surface area contributed by atoms with Gasteiger partial charge in [0.1, 0.15) is 23.9 Å². The number of fused-ring (bicyclic) bond motifs is 1. The molecule has 6 nitrogen and oxygen atoms in total. The van der Waals surface area contributed by atoms with Gasteiger partial charge in [-0.15, -0.1) is 0 Å². The number of hydrogen-bond donors (Lipinski definition) is 0. The molecule has 0 radical (unpaired) electrons. The Kier molecular flexibility index (Phi) is 4.52. The highest BCUT2D eigenvalue weighted by atomic mass is 19.1. The highest BCUT2D eigenvalue weighted by molar-refractivity contribution is 5.94. The molecule has 2 aromatic carbocycles. The first-order valence-corrected chi connectivity index (χ1v) is 8.20. The average molecular weight is 385 g/mol. The van der Waals surface area contributed by atoms with Gasteiger partial charge in [-0.3, -0.25) is 0 Å². The van der Waals surface area contributed by atoms with Gasteiger partial charge in [0, 0.05) is 17.5 Å². The van der Waals surface area contributed by atoms with Crippen LogP contribution in [0, 0.1) is 11.6 Å². The van der Waals surface area contributed by atoms with Crippen molar-refractivity contribution in [3.05, 3.63) is 71.6 Å². The number of benzene rings is 2. The Morgan fingerprint density at radius 1 is 1.14 bits per heavy atom. The van der Waals surface area contributed by atoms with Crippen molar-refractivity contribution in [1.82, 2.24) is 5.16 Å². The highest BCUT2D eigenvalue weighted by Crippen LogP contribution is 2.29. The second-order valence-electron chi connectivity index (χ2n) is 5.87. The molecular weight excluding hydrogens is 372 g/mol. The summed E-state index contributed by atoms with van der Waals surface area (Å²) in [6.07, 6.45) is 0. The maximum Gasteiger partial charge on any atom is 0.374 e. The molecule has 8 heteroatoms. The molecule has 0 N–H and O–H groups in total. The third-order valence-corrected chi connectivity index (χ3v) is 4.04. The van der Waals surface area contributed by atoms with Crippen LogP contribution in [-0.4, -0.2) is 18.2 Å². The summed E-state index contributed by atoms with van der Waals surface area (Å²) in [6, 6.07) is 11.3. The first-order valence-electron chi connectivity index (χ1n) is 8.20. The fourth-order valence-corrected chi connectivity index (χ4v) is 2.70. The minimum Gasteiger partial charge on any atom is -0.493 e. The van der Waals surface area contributed by atoms with E-state index in [9.17, 15) is 13.6 Å². The van der Waals surface area contributed by atoms with Crippen LogP contribution >= 0.6 is 0 Å². The molecule has 0 unspecified atom stereocenters. The van der Waals surface area contributed by atoms with Crippen LogP contribution < -0.4 is 4.74 Å². The molecule has 28 heavy (non-hydrogen) atoms. The van der Waals surface area contributed by atoms with Crippen LogP contribution in [0.5, 0.6) is 5.75 Å². The second kappa shape index (κ2) is 7.15. The van der Waals surface area contributed by atoms with Crippen LogP contribution in [0.2, 0.25) is 0 Å². The zero-order chi connectivity index (χ0) is 19.7. The minimum absolute atomic E-state index is 0.00722. The van der Waals surface area contributed by atoms with Gasteiger partial charge in [-0.1, -0.05) is 17.3 Å². The van der Waals surface area contributed by atoms with Crippen LogP contribution in [0.1, 0.15) is 16.2 Å². The van der Waals surface area contributed by atoms with Gasteiger partial charge in [0.25, 0.3) is 0 Å². The molecule has 2 aromatic heterocycles. The monoisotopic (exact) mass is 385 g/mol. The topological polar surface area (TPSA) is 74.7 Å². The maximum atomic E-state index is 13.8. The maximum absolute atomic E-state index is 13.8. The lowest BCUT2D eigenvalue weighted by molar-refractivity contribution is 0.0430. The molecule has 142 valence electrons. The first-order chi connectivity index (χ1) is 13.5. The summed E-state index contributed by atoms with van der Waals surface area (Å²) >= 11 is 0. The highest BCUT2D eigenvalue weighted by Gasteiger charge is 2.18. The molecule has 4 rings (SSSR count). The summed E-state index contributed by atoms with van der Waals surface area (Å²) in [5.74, 6) is -1.58. The van der Waals surface area contributed by atoms with Crippen molar-refractivity contribution in [2.75, 3.05) is 7.11 Å². The summed E-state index contributed by atoms with van der Waals surface area (Å²) in [7, 11) is 1.50. The van der Waals surface area contributed by atoms with E-state index in [1.807, 2.05) is 0 Å². The molecule has 0 aliphatic rings. The number of esters is 1. The van der Waals surface area contributed by atoms with E-state index in [-0.39, 0.29) is 29.4 Å². The molecule has 0 fully saturated rings. The average Bonchev–Trinajstić information content (AvgIpc) is 3.32. The Morgan fingerprint density at radius 3 is 2.79 bits per heavy atom. The van der Waals surface area contributed by atoms with Crippen molar-refractivity contribution in [3.8, 4) is 17.1 Å².